The zero-order valence-corrected chi connectivity index (χ0v) is 14.2. The van der Waals surface area contributed by atoms with E-state index in [0.29, 0.717) is 0 Å². The molecule has 0 rings (SSSR count). The van der Waals surface area contributed by atoms with Crippen molar-refractivity contribution in [2.24, 2.45) is 0 Å². The van der Waals surface area contributed by atoms with Crippen LogP contribution in [0.2, 0.25) is 0 Å². The van der Waals surface area contributed by atoms with E-state index in [9.17, 15) is 4.79 Å². The van der Waals surface area contributed by atoms with Gasteiger partial charge in [0.25, 0.3) is 0 Å². The zero-order chi connectivity index (χ0) is 15.6. The van der Waals surface area contributed by atoms with Gasteiger partial charge < -0.3 is 4.74 Å². The van der Waals surface area contributed by atoms with Crippen molar-refractivity contribution < 1.29 is 9.53 Å². The molecule has 0 unspecified atom stereocenters. The molecule has 2 nitrogen and oxygen atoms in total. The smallest absolute Gasteiger partial charge is 0.384 e. The minimum atomic E-state index is -0.426. The van der Waals surface area contributed by atoms with E-state index in [1.165, 1.54) is 84.2 Å². The molecular formula is C19H34O2. The average molecular weight is 294 g/mol. The normalized spacial score (nSPS) is 10.0. The van der Waals surface area contributed by atoms with Gasteiger partial charge in [-0.25, -0.2) is 4.79 Å². The standard InChI is InChI=1S/C19H34O2/c1-3-4-5-6-7-8-9-10-11-12-13-14-15-16-17-18-19(20)21-2/h3-16H2,1-2H3. The third kappa shape index (κ3) is 17.0. The molecule has 0 aliphatic rings. The Morgan fingerprint density at radius 2 is 1.19 bits per heavy atom. The molecule has 0 N–H and O–H groups in total. The van der Waals surface area contributed by atoms with Crippen LogP contribution in [0.4, 0.5) is 0 Å². The number of hydrogen-bond donors (Lipinski definition) is 0. The molecule has 0 saturated carbocycles. The van der Waals surface area contributed by atoms with Crippen molar-refractivity contribution in [1.82, 2.24) is 0 Å². The number of esters is 1. The van der Waals surface area contributed by atoms with Crippen LogP contribution in [0.3, 0.4) is 0 Å². The van der Waals surface area contributed by atoms with E-state index in [2.05, 4.69) is 23.5 Å². The van der Waals surface area contributed by atoms with E-state index >= 15 is 0 Å². The van der Waals surface area contributed by atoms with Crippen molar-refractivity contribution in [3.05, 3.63) is 0 Å². The molecular weight excluding hydrogens is 260 g/mol. The fraction of sp³-hybridized carbons (Fsp3) is 0.842. The Labute approximate surface area is 132 Å². The summed E-state index contributed by atoms with van der Waals surface area (Å²) < 4.78 is 4.46. The first kappa shape index (κ1) is 20.0. The Morgan fingerprint density at radius 3 is 1.62 bits per heavy atom. The molecule has 0 aliphatic heterocycles. The molecule has 122 valence electrons. The maximum atomic E-state index is 10.7. The largest absolute Gasteiger partial charge is 0.459 e. The first-order valence-corrected chi connectivity index (χ1v) is 8.88. The molecule has 0 atom stereocenters. The van der Waals surface area contributed by atoms with E-state index in [-0.39, 0.29) is 0 Å². The van der Waals surface area contributed by atoms with Crippen molar-refractivity contribution in [3.63, 3.8) is 0 Å². The summed E-state index contributed by atoms with van der Waals surface area (Å²) >= 11 is 0. The fourth-order valence-electron chi connectivity index (χ4n) is 2.42. The van der Waals surface area contributed by atoms with Crippen LogP contribution in [0, 0.1) is 11.8 Å². The number of carbonyl (C=O) groups excluding carboxylic acids is 1. The van der Waals surface area contributed by atoms with Gasteiger partial charge in [-0.15, -0.1) is 0 Å². The van der Waals surface area contributed by atoms with Gasteiger partial charge in [0, 0.05) is 12.3 Å². The molecule has 0 heterocycles. The number of hydrogen-bond acceptors (Lipinski definition) is 2. The van der Waals surface area contributed by atoms with Gasteiger partial charge in [0.15, 0.2) is 0 Å². The molecule has 21 heavy (non-hydrogen) atoms. The minimum absolute atomic E-state index is 0.426. The van der Waals surface area contributed by atoms with Gasteiger partial charge in [-0.3, -0.25) is 0 Å². The molecule has 0 aliphatic carbocycles. The third-order valence-corrected chi connectivity index (χ3v) is 3.78. The highest BCUT2D eigenvalue weighted by Gasteiger charge is 1.93. The molecule has 0 saturated heterocycles. The highest BCUT2D eigenvalue weighted by molar-refractivity contribution is 5.88. The summed E-state index contributed by atoms with van der Waals surface area (Å²) in [4.78, 5) is 10.7. The Kier molecular flexibility index (Phi) is 16.3. The van der Waals surface area contributed by atoms with E-state index < -0.39 is 5.97 Å². The quantitative estimate of drug-likeness (QED) is 0.190. The van der Waals surface area contributed by atoms with E-state index in [1.807, 2.05) is 0 Å². The van der Waals surface area contributed by atoms with Crippen LogP contribution in [-0.2, 0) is 9.53 Å². The lowest BCUT2D eigenvalue weighted by Gasteiger charge is -2.02. The second-order valence-corrected chi connectivity index (χ2v) is 5.79. The van der Waals surface area contributed by atoms with Gasteiger partial charge in [-0.05, 0) is 6.42 Å². The van der Waals surface area contributed by atoms with Crippen LogP contribution in [0.15, 0.2) is 0 Å². The molecule has 0 bridgehead atoms. The number of rotatable bonds is 13. The number of methoxy groups -OCH3 is 1. The van der Waals surface area contributed by atoms with Crippen molar-refractivity contribution >= 4 is 5.97 Å². The monoisotopic (exact) mass is 294 g/mol. The Balaban J connectivity index is 3.08. The summed E-state index contributed by atoms with van der Waals surface area (Å²) in [6, 6.07) is 0. The van der Waals surface area contributed by atoms with Crippen molar-refractivity contribution in [3.8, 4) is 11.8 Å². The van der Waals surface area contributed by atoms with Crippen molar-refractivity contribution in [2.75, 3.05) is 7.11 Å². The summed E-state index contributed by atoms with van der Waals surface area (Å²) in [5, 5.41) is 0. The summed E-state index contributed by atoms with van der Waals surface area (Å²) in [6.45, 7) is 2.27. The molecule has 0 fully saturated rings. The molecule has 0 aromatic carbocycles. The van der Waals surface area contributed by atoms with Crippen LogP contribution in [0.25, 0.3) is 0 Å². The van der Waals surface area contributed by atoms with Gasteiger partial charge in [0.1, 0.15) is 0 Å². The van der Waals surface area contributed by atoms with Crippen LogP contribution in [-0.4, -0.2) is 13.1 Å². The summed E-state index contributed by atoms with van der Waals surface area (Å²) in [7, 11) is 1.36. The summed E-state index contributed by atoms with van der Waals surface area (Å²) in [6.07, 6.45) is 18.4. The highest BCUT2D eigenvalue weighted by atomic mass is 16.5. The van der Waals surface area contributed by atoms with Gasteiger partial charge >= 0.3 is 5.97 Å². The molecule has 2 heteroatoms. The van der Waals surface area contributed by atoms with Gasteiger partial charge in [0.05, 0.1) is 7.11 Å². The summed E-state index contributed by atoms with van der Waals surface area (Å²) in [5.74, 6) is 4.89. The van der Waals surface area contributed by atoms with E-state index in [4.69, 9.17) is 0 Å². The highest BCUT2D eigenvalue weighted by Crippen LogP contribution is 2.12. The van der Waals surface area contributed by atoms with E-state index in [1.54, 1.807) is 0 Å². The first-order valence-electron chi connectivity index (χ1n) is 8.88. The van der Waals surface area contributed by atoms with Crippen LogP contribution in [0.1, 0.15) is 96.8 Å². The van der Waals surface area contributed by atoms with Crippen molar-refractivity contribution in [1.29, 1.82) is 0 Å². The maximum absolute atomic E-state index is 10.7. The topological polar surface area (TPSA) is 26.3 Å². The fourth-order valence-corrected chi connectivity index (χ4v) is 2.42. The van der Waals surface area contributed by atoms with Gasteiger partial charge in [-0.2, -0.15) is 0 Å². The summed E-state index contributed by atoms with van der Waals surface area (Å²) in [5.41, 5.74) is 0. The second-order valence-electron chi connectivity index (χ2n) is 5.79. The van der Waals surface area contributed by atoms with Crippen LogP contribution >= 0.6 is 0 Å². The predicted molar refractivity (Wildman–Crippen MR) is 90.1 cm³/mol. The lowest BCUT2D eigenvalue weighted by atomic mass is 10.0. The number of ether oxygens (including phenoxy) is 1. The zero-order valence-electron chi connectivity index (χ0n) is 14.2. The molecule has 0 aromatic heterocycles. The van der Waals surface area contributed by atoms with Gasteiger partial charge in [-0.1, -0.05) is 89.9 Å². The number of carbonyl (C=O) groups is 1. The predicted octanol–water partition coefficient (Wildman–Crippen LogP) is 5.64. The Hall–Kier alpha value is -0.970. The molecule has 0 amide bonds. The Morgan fingerprint density at radius 1 is 0.762 bits per heavy atom. The lowest BCUT2D eigenvalue weighted by molar-refractivity contribution is -0.133. The number of unbranched alkanes of at least 4 members (excludes halogenated alkanes) is 13. The van der Waals surface area contributed by atoms with Crippen LogP contribution in [0.5, 0.6) is 0 Å². The SMILES string of the molecule is CCCCCCCCCCCCCCCC#CC(=O)OC. The second kappa shape index (κ2) is 17.1. The average Bonchev–Trinajstić information content (AvgIpc) is 2.50. The maximum Gasteiger partial charge on any atom is 0.384 e. The minimum Gasteiger partial charge on any atom is -0.459 e. The first-order chi connectivity index (χ1) is 10.3. The van der Waals surface area contributed by atoms with Gasteiger partial charge in [0.2, 0.25) is 0 Å². The third-order valence-electron chi connectivity index (χ3n) is 3.78. The van der Waals surface area contributed by atoms with E-state index in [0.717, 1.165) is 12.8 Å². The van der Waals surface area contributed by atoms with Crippen molar-refractivity contribution in [2.45, 2.75) is 96.8 Å². The molecule has 0 radical (unpaired) electrons. The lowest BCUT2D eigenvalue weighted by Crippen LogP contribution is -1.94. The molecule has 0 aromatic rings. The van der Waals surface area contributed by atoms with Crippen LogP contribution < -0.4 is 0 Å². The Bertz CT molecular complexity index is 286. The molecule has 0 spiro atoms.